The summed E-state index contributed by atoms with van der Waals surface area (Å²) >= 11 is 0. The van der Waals surface area contributed by atoms with Crippen LogP contribution in [0.2, 0.25) is 0 Å². The molecule has 1 amide bonds. The number of nitrogens with one attached hydrogen (secondary N) is 1. The number of likely N-dealkylation sites (N-methyl/N-ethyl adjacent to an activating group) is 1. The van der Waals surface area contributed by atoms with Crippen molar-refractivity contribution in [3.8, 4) is 6.07 Å². The molecular weight excluding hydrogens is 360 g/mol. The Hall–Kier alpha value is -2.58. The van der Waals surface area contributed by atoms with Gasteiger partial charge in [-0.05, 0) is 50.9 Å². The molecule has 2 unspecified atom stereocenters. The van der Waals surface area contributed by atoms with Gasteiger partial charge in [-0.2, -0.15) is 5.26 Å². The van der Waals surface area contributed by atoms with Gasteiger partial charge in [0.1, 0.15) is 0 Å². The summed E-state index contributed by atoms with van der Waals surface area (Å²) in [4.78, 5) is 17.2. The van der Waals surface area contributed by atoms with E-state index in [-0.39, 0.29) is 11.9 Å². The van der Waals surface area contributed by atoms with Crippen LogP contribution in [0.5, 0.6) is 0 Å². The van der Waals surface area contributed by atoms with E-state index in [2.05, 4.69) is 53.2 Å². The number of fused-ring (bicyclic) bond motifs is 3. The van der Waals surface area contributed by atoms with Gasteiger partial charge in [-0.25, -0.2) is 0 Å². The molecular formula is C24H30N4O. The normalized spacial score (nSPS) is 23.4. The Morgan fingerprint density at radius 3 is 2.38 bits per heavy atom. The van der Waals surface area contributed by atoms with E-state index in [1.807, 2.05) is 18.2 Å². The molecule has 2 atom stereocenters. The zero-order chi connectivity index (χ0) is 20.4. The number of benzene rings is 2. The fraction of sp³-hybridized carbons (Fsp3) is 0.500. The summed E-state index contributed by atoms with van der Waals surface area (Å²) in [6, 6.07) is 15.8. The van der Waals surface area contributed by atoms with Gasteiger partial charge in [0.2, 0.25) is 5.91 Å². The molecule has 2 aliphatic rings. The first kappa shape index (κ1) is 19.7. The van der Waals surface area contributed by atoms with Crippen molar-refractivity contribution in [2.75, 3.05) is 24.5 Å². The number of nitrogens with zero attached hydrogens (tertiary/aromatic N) is 3. The van der Waals surface area contributed by atoms with Crippen LogP contribution in [0.25, 0.3) is 10.8 Å². The van der Waals surface area contributed by atoms with Crippen LogP contribution in [0.3, 0.4) is 0 Å². The van der Waals surface area contributed by atoms with Crippen LogP contribution in [0, 0.1) is 11.3 Å². The molecule has 29 heavy (non-hydrogen) atoms. The third kappa shape index (κ3) is 3.82. The highest BCUT2D eigenvalue weighted by Crippen LogP contribution is 2.42. The maximum absolute atomic E-state index is 12.5. The molecule has 1 N–H and O–H groups in total. The van der Waals surface area contributed by atoms with Gasteiger partial charge < -0.3 is 10.2 Å². The van der Waals surface area contributed by atoms with Crippen molar-refractivity contribution < 1.29 is 4.79 Å². The van der Waals surface area contributed by atoms with Crippen molar-refractivity contribution in [3.63, 3.8) is 0 Å². The number of piperidine rings is 1. The van der Waals surface area contributed by atoms with Crippen molar-refractivity contribution in [1.82, 2.24) is 10.2 Å². The molecule has 2 aromatic carbocycles. The van der Waals surface area contributed by atoms with E-state index < -0.39 is 0 Å². The largest absolute Gasteiger partial charge is 0.365 e. The number of nitriles is 1. The predicted molar refractivity (Wildman–Crippen MR) is 117 cm³/mol. The molecule has 2 saturated heterocycles. The molecule has 152 valence electrons. The van der Waals surface area contributed by atoms with Crippen LogP contribution in [0.15, 0.2) is 36.4 Å². The summed E-state index contributed by atoms with van der Waals surface area (Å²) in [6.45, 7) is 6.48. The summed E-state index contributed by atoms with van der Waals surface area (Å²) in [5.41, 5.74) is 1.97. The predicted octanol–water partition coefficient (Wildman–Crippen LogP) is 3.67. The average Bonchev–Trinajstić information content (AvgIpc) is 3.00. The first-order valence-corrected chi connectivity index (χ1v) is 10.9. The number of anilines is 1. The summed E-state index contributed by atoms with van der Waals surface area (Å²) in [6.07, 6.45) is 4.33. The fourth-order valence-corrected chi connectivity index (χ4v) is 5.22. The molecule has 0 radical (unpaired) electrons. The quantitative estimate of drug-likeness (QED) is 0.818. The first-order valence-electron chi connectivity index (χ1n) is 10.9. The van der Waals surface area contributed by atoms with E-state index in [4.69, 9.17) is 0 Å². The van der Waals surface area contributed by atoms with E-state index in [0.29, 0.717) is 18.6 Å². The average molecular weight is 391 g/mol. The summed E-state index contributed by atoms with van der Waals surface area (Å²) in [7, 11) is 0. The van der Waals surface area contributed by atoms with E-state index >= 15 is 0 Å². The molecule has 0 saturated carbocycles. The standard InChI is InChI=1S/C24H30N4O/c1-3-27(4-2)16-24(29)26-18-13-19-10-11-20(14-18)28(19)23-12-9-17(15-25)21-7-5-6-8-22(21)23/h5-9,12,18-20H,3-4,10-11,13-14,16H2,1-2H3,(H,26,29). The number of carbonyl (C=O) groups excluding carboxylic acids is 1. The topological polar surface area (TPSA) is 59.4 Å². The number of hydrogen-bond acceptors (Lipinski definition) is 4. The second-order valence-electron chi connectivity index (χ2n) is 8.28. The molecule has 0 spiro atoms. The minimum atomic E-state index is 0.148. The van der Waals surface area contributed by atoms with Crippen LogP contribution in [0.1, 0.15) is 45.1 Å². The number of hydrogen-bond donors (Lipinski definition) is 1. The summed E-state index contributed by atoms with van der Waals surface area (Å²) in [5.74, 6) is 0.148. The lowest BCUT2D eigenvalue weighted by Gasteiger charge is -2.41. The molecule has 4 rings (SSSR count). The van der Waals surface area contributed by atoms with Gasteiger partial charge in [-0.1, -0.05) is 38.1 Å². The first-order chi connectivity index (χ1) is 14.1. The maximum atomic E-state index is 12.5. The zero-order valence-corrected chi connectivity index (χ0v) is 17.4. The lowest BCUT2D eigenvalue weighted by molar-refractivity contribution is -0.123. The monoisotopic (exact) mass is 390 g/mol. The third-order valence-electron chi connectivity index (χ3n) is 6.66. The van der Waals surface area contributed by atoms with Crippen LogP contribution < -0.4 is 10.2 Å². The highest BCUT2D eigenvalue weighted by atomic mass is 16.2. The van der Waals surface area contributed by atoms with Crippen LogP contribution in [0.4, 0.5) is 5.69 Å². The Bertz CT molecular complexity index is 916. The minimum Gasteiger partial charge on any atom is -0.365 e. The van der Waals surface area contributed by atoms with Gasteiger partial charge in [0.25, 0.3) is 0 Å². The number of amides is 1. The lowest BCUT2D eigenvalue weighted by atomic mass is 9.94. The van der Waals surface area contributed by atoms with Crippen LogP contribution in [-0.4, -0.2) is 48.6 Å². The summed E-state index contributed by atoms with van der Waals surface area (Å²) < 4.78 is 0. The molecule has 5 nitrogen and oxygen atoms in total. The molecule has 2 fully saturated rings. The number of rotatable bonds is 6. The van der Waals surface area contributed by atoms with E-state index in [1.165, 1.54) is 18.5 Å². The van der Waals surface area contributed by atoms with E-state index in [1.54, 1.807) is 0 Å². The van der Waals surface area contributed by atoms with Crippen molar-refractivity contribution >= 4 is 22.4 Å². The molecule has 5 heteroatoms. The van der Waals surface area contributed by atoms with Gasteiger partial charge in [0, 0.05) is 34.6 Å². The molecule has 2 aliphatic heterocycles. The third-order valence-corrected chi connectivity index (χ3v) is 6.66. The van der Waals surface area contributed by atoms with Gasteiger partial charge in [0.15, 0.2) is 0 Å². The van der Waals surface area contributed by atoms with Crippen molar-refractivity contribution in [3.05, 3.63) is 42.0 Å². The Kier molecular flexibility index (Phi) is 5.73. The Balaban J connectivity index is 1.52. The molecule has 0 aromatic heterocycles. The van der Waals surface area contributed by atoms with Crippen molar-refractivity contribution in [2.45, 2.75) is 57.7 Å². The van der Waals surface area contributed by atoms with Gasteiger partial charge >= 0.3 is 0 Å². The Morgan fingerprint density at radius 1 is 1.10 bits per heavy atom. The fourth-order valence-electron chi connectivity index (χ4n) is 5.22. The van der Waals surface area contributed by atoms with Gasteiger partial charge in [-0.15, -0.1) is 0 Å². The highest BCUT2D eigenvalue weighted by Gasteiger charge is 2.41. The number of carbonyl (C=O) groups is 1. The van der Waals surface area contributed by atoms with E-state index in [9.17, 15) is 10.1 Å². The van der Waals surface area contributed by atoms with Crippen LogP contribution >= 0.6 is 0 Å². The van der Waals surface area contributed by atoms with Gasteiger partial charge in [-0.3, -0.25) is 9.69 Å². The highest BCUT2D eigenvalue weighted by molar-refractivity contribution is 5.98. The second-order valence-corrected chi connectivity index (χ2v) is 8.28. The Labute approximate surface area is 173 Å². The van der Waals surface area contributed by atoms with Gasteiger partial charge in [0.05, 0.1) is 18.2 Å². The molecule has 2 aromatic rings. The lowest BCUT2D eigenvalue weighted by Crippen LogP contribution is -2.52. The second kappa shape index (κ2) is 8.42. The Morgan fingerprint density at radius 2 is 1.76 bits per heavy atom. The zero-order valence-electron chi connectivity index (χ0n) is 17.4. The molecule has 2 heterocycles. The smallest absolute Gasteiger partial charge is 0.234 e. The SMILES string of the molecule is CCN(CC)CC(=O)NC1CC2CCC(C1)N2c1ccc(C#N)c2ccccc12. The minimum absolute atomic E-state index is 0.148. The van der Waals surface area contributed by atoms with Crippen molar-refractivity contribution in [1.29, 1.82) is 5.26 Å². The summed E-state index contributed by atoms with van der Waals surface area (Å²) in [5, 5.41) is 14.9. The van der Waals surface area contributed by atoms with E-state index in [0.717, 1.165) is 42.3 Å². The van der Waals surface area contributed by atoms with Crippen molar-refractivity contribution in [2.24, 2.45) is 0 Å². The van der Waals surface area contributed by atoms with Crippen LogP contribution in [-0.2, 0) is 4.79 Å². The maximum Gasteiger partial charge on any atom is 0.234 e. The molecule has 0 aliphatic carbocycles. The molecule has 2 bridgehead atoms.